The van der Waals surface area contributed by atoms with E-state index < -0.39 is 0 Å². The van der Waals surface area contributed by atoms with Gasteiger partial charge in [0.05, 0.1) is 24.0 Å². The highest BCUT2D eigenvalue weighted by molar-refractivity contribution is 6.10. The maximum Gasteiger partial charge on any atom is 0.199 e. The van der Waals surface area contributed by atoms with Crippen molar-refractivity contribution in [3.05, 3.63) is 53.5 Å². The minimum atomic E-state index is -0.0779. The van der Waals surface area contributed by atoms with Crippen LogP contribution in [0.25, 0.3) is 0 Å². The molecular formula is C14H14O3. The average Bonchev–Trinajstić information content (AvgIpc) is 2.84. The molecule has 2 rings (SSSR count). The van der Waals surface area contributed by atoms with E-state index in [0.29, 0.717) is 23.5 Å². The molecule has 0 bridgehead atoms. The molecule has 0 aliphatic carbocycles. The monoisotopic (exact) mass is 230 g/mol. The molecule has 2 aromatic rings. The Kier molecular flexibility index (Phi) is 3.28. The van der Waals surface area contributed by atoms with Gasteiger partial charge in [-0.15, -0.1) is 0 Å². The van der Waals surface area contributed by atoms with E-state index in [2.05, 4.69) is 0 Å². The van der Waals surface area contributed by atoms with Crippen LogP contribution in [0.4, 0.5) is 0 Å². The van der Waals surface area contributed by atoms with Gasteiger partial charge in [-0.05, 0) is 32.0 Å². The molecule has 88 valence electrons. The third-order valence-electron chi connectivity index (χ3n) is 2.46. The molecule has 17 heavy (non-hydrogen) atoms. The van der Waals surface area contributed by atoms with Gasteiger partial charge in [-0.2, -0.15) is 0 Å². The molecular weight excluding hydrogens is 216 g/mol. The second-order valence-electron chi connectivity index (χ2n) is 3.77. The molecule has 0 spiro atoms. The molecule has 0 fully saturated rings. The second kappa shape index (κ2) is 4.87. The maximum absolute atomic E-state index is 12.2. The molecule has 0 saturated heterocycles. The molecule has 0 radical (unpaired) electrons. The summed E-state index contributed by atoms with van der Waals surface area (Å²) in [4.78, 5) is 12.2. The van der Waals surface area contributed by atoms with E-state index >= 15 is 0 Å². The van der Waals surface area contributed by atoms with Gasteiger partial charge in [-0.25, -0.2) is 0 Å². The number of furan rings is 1. The van der Waals surface area contributed by atoms with Crippen molar-refractivity contribution in [2.45, 2.75) is 13.8 Å². The van der Waals surface area contributed by atoms with E-state index in [1.54, 1.807) is 6.07 Å². The molecule has 0 unspecified atom stereocenters. The van der Waals surface area contributed by atoms with Gasteiger partial charge < -0.3 is 9.15 Å². The number of carbonyl (C=O) groups excluding carboxylic acids is 1. The highest BCUT2D eigenvalue weighted by Gasteiger charge is 2.15. The average molecular weight is 230 g/mol. The number of benzene rings is 1. The lowest BCUT2D eigenvalue weighted by Crippen LogP contribution is -2.05. The SMILES string of the molecule is CCOc1ccc(C)cc1C(=O)c1ccoc1. The van der Waals surface area contributed by atoms with Crippen LogP contribution >= 0.6 is 0 Å². The van der Waals surface area contributed by atoms with Gasteiger partial charge in [0.15, 0.2) is 5.78 Å². The van der Waals surface area contributed by atoms with Crippen molar-refractivity contribution in [1.82, 2.24) is 0 Å². The summed E-state index contributed by atoms with van der Waals surface area (Å²) in [6, 6.07) is 7.24. The van der Waals surface area contributed by atoms with Crippen LogP contribution in [0.15, 0.2) is 41.2 Å². The van der Waals surface area contributed by atoms with E-state index in [-0.39, 0.29) is 5.78 Å². The number of ketones is 1. The zero-order chi connectivity index (χ0) is 12.3. The summed E-state index contributed by atoms with van der Waals surface area (Å²) in [6.45, 7) is 4.38. The van der Waals surface area contributed by atoms with Gasteiger partial charge in [0.2, 0.25) is 0 Å². The van der Waals surface area contributed by atoms with Crippen LogP contribution < -0.4 is 4.74 Å². The number of hydrogen-bond acceptors (Lipinski definition) is 3. The second-order valence-corrected chi connectivity index (χ2v) is 3.77. The van der Waals surface area contributed by atoms with Crippen molar-refractivity contribution in [1.29, 1.82) is 0 Å². The first kappa shape index (κ1) is 11.5. The largest absolute Gasteiger partial charge is 0.493 e. The smallest absolute Gasteiger partial charge is 0.199 e. The van der Waals surface area contributed by atoms with Gasteiger partial charge >= 0.3 is 0 Å². The molecule has 0 atom stereocenters. The third-order valence-corrected chi connectivity index (χ3v) is 2.46. The Labute approximate surface area is 100 Å². The van der Waals surface area contributed by atoms with Gasteiger partial charge in [0.25, 0.3) is 0 Å². The molecule has 1 aromatic heterocycles. The van der Waals surface area contributed by atoms with Gasteiger partial charge in [-0.3, -0.25) is 4.79 Å². The highest BCUT2D eigenvalue weighted by Crippen LogP contribution is 2.23. The number of ether oxygens (including phenoxy) is 1. The standard InChI is InChI=1S/C14H14O3/c1-3-17-13-5-4-10(2)8-12(13)14(15)11-6-7-16-9-11/h4-9H,3H2,1-2H3. The number of hydrogen-bond donors (Lipinski definition) is 0. The molecule has 1 heterocycles. The maximum atomic E-state index is 12.2. The van der Waals surface area contributed by atoms with E-state index in [0.717, 1.165) is 5.56 Å². The fourth-order valence-electron chi connectivity index (χ4n) is 1.65. The number of carbonyl (C=O) groups is 1. The molecule has 0 amide bonds. The van der Waals surface area contributed by atoms with Crippen LogP contribution in [0.2, 0.25) is 0 Å². The molecule has 3 nitrogen and oxygen atoms in total. The Morgan fingerprint density at radius 1 is 1.35 bits per heavy atom. The summed E-state index contributed by atoms with van der Waals surface area (Å²) in [5.41, 5.74) is 2.14. The summed E-state index contributed by atoms with van der Waals surface area (Å²) >= 11 is 0. The molecule has 0 N–H and O–H groups in total. The van der Waals surface area contributed by atoms with Gasteiger partial charge in [0.1, 0.15) is 12.0 Å². The van der Waals surface area contributed by atoms with Crippen LogP contribution in [0.3, 0.4) is 0 Å². The predicted molar refractivity (Wildman–Crippen MR) is 64.5 cm³/mol. The quantitative estimate of drug-likeness (QED) is 0.757. The first-order valence-corrected chi connectivity index (χ1v) is 5.52. The van der Waals surface area contributed by atoms with E-state index in [9.17, 15) is 4.79 Å². The Hall–Kier alpha value is -2.03. The van der Waals surface area contributed by atoms with Crippen LogP contribution in [0.1, 0.15) is 28.4 Å². The summed E-state index contributed by atoms with van der Waals surface area (Å²) in [6.07, 6.45) is 2.93. The van der Waals surface area contributed by atoms with Crippen molar-refractivity contribution in [2.75, 3.05) is 6.61 Å². The number of aryl methyl sites for hydroxylation is 1. The molecule has 0 saturated carbocycles. The highest BCUT2D eigenvalue weighted by atomic mass is 16.5. The van der Waals surface area contributed by atoms with Crippen LogP contribution in [0, 0.1) is 6.92 Å². The third kappa shape index (κ3) is 2.38. The van der Waals surface area contributed by atoms with Crippen molar-refractivity contribution in [3.8, 4) is 5.75 Å². The molecule has 3 heteroatoms. The minimum Gasteiger partial charge on any atom is -0.493 e. The number of rotatable bonds is 4. The van der Waals surface area contributed by atoms with Crippen LogP contribution in [-0.2, 0) is 0 Å². The summed E-state index contributed by atoms with van der Waals surface area (Å²) < 4.78 is 10.4. The molecule has 1 aromatic carbocycles. The lowest BCUT2D eigenvalue weighted by atomic mass is 10.0. The minimum absolute atomic E-state index is 0.0779. The van der Waals surface area contributed by atoms with Crippen LogP contribution in [-0.4, -0.2) is 12.4 Å². The van der Waals surface area contributed by atoms with Gasteiger partial charge in [-0.1, -0.05) is 11.6 Å². The Morgan fingerprint density at radius 2 is 2.18 bits per heavy atom. The van der Waals surface area contributed by atoms with Gasteiger partial charge in [0, 0.05) is 0 Å². The van der Waals surface area contributed by atoms with E-state index in [1.807, 2.05) is 32.0 Å². The van der Waals surface area contributed by atoms with E-state index in [4.69, 9.17) is 9.15 Å². The van der Waals surface area contributed by atoms with Crippen LogP contribution in [0.5, 0.6) is 5.75 Å². The topological polar surface area (TPSA) is 39.4 Å². The van der Waals surface area contributed by atoms with Crippen molar-refractivity contribution < 1.29 is 13.9 Å². The summed E-state index contributed by atoms with van der Waals surface area (Å²) in [5, 5.41) is 0. The zero-order valence-corrected chi connectivity index (χ0v) is 9.90. The van der Waals surface area contributed by atoms with Crippen molar-refractivity contribution in [3.63, 3.8) is 0 Å². The lowest BCUT2D eigenvalue weighted by Gasteiger charge is -2.09. The fraction of sp³-hybridized carbons (Fsp3) is 0.214. The summed E-state index contributed by atoms with van der Waals surface area (Å²) in [7, 11) is 0. The first-order valence-electron chi connectivity index (χ1n) is 5.52. The Bertz CT molecular complexity index is 512. The fourth-order valence-corrected chi connectivity index (χ4v) is 1.65. The molecule has 0 aliphatic rings. The summed E-state index contributed by atoms with van der Waals surface area (Å²) in [5.74, 6) is 0.537. The Balaban J connectivity index is 2.42. The van der Waals surface area contributed by atoms with Crippen molar-refractivity contribution in [2.24, 2.45) is 0 Å². The predicted octanol–water partition coefficient (Wildman–Crippen LogP) is 3.22. The molecule has 0 aliphatic heterocycles. The normalized spacial score (nSPS) is 10.2. The van der Waals surface area contributed by atoms with Crippen molar-refractivity contribution >= 4 is 5.78 Å². The first-order chi connectivity index (χ1) is 8.22. The Morgan fingerprint density at radius 3 is 2.82 bits per heavy atom. The van der Waals surface area contributed by atoms with E-state index in [1.165, 1.54) is 12.5 Å². The zero-order valence-electron chi connectivity index (χ0n) is 9.90. The lowest BCUT2D eigenvalue weighted by molar-refractivity contribution is 0.103.